The van der Waals surface area contributed by atoms with E-state index in [-0.39, 0.29) is 0 Å². The normalized spacial score (nSPS) is 11.2. The molecule has 0 unspecified atom stereocenters. The molecule has 5 rings (SSSR count). The van der Waals surface area contributed by atoms with Gasteiger partial charge in [-0.05, 0) is 70.8 Å². The molecule has 168 valence electrons. The maximum Gasteiger partial charge on any atom is 0.0462 e. The van der Waals surface area contributed by atoms with E-state index in [1.165, 1.54) is 11.1 Å². The molecule has 0 fully saturated rings. The van der Waals surface area contributed by atoms with Crippen molar-refractivity contribution in [3.8, 4) is 0 Å². The highest BCUT2D eigenvalue weighted by atomic mass is 15.1. The molecule has 1 heterocycles. The van der Waals surface area contributed by atoms with Crippen LogP contribution in [0.15, 0.2) is 134 Å². The minimum absolute atomic E-state index is 1.13. The lowest BCUT2D eigenvalue weighted by Gasteiger charge is -2.25. The van der Waals surface area contributed by atoms with Crippen molar-refractivity contribution >= 4 is 41.4 Å². The summed E-state index contributed by atoms with van der Waals surface area (Å²) in [6.45, 7) is 0. The number of para-hydroxylation sites is 2. The average Bonchev–Trinajstić information content (AvgIpc) is 2.94. The molecule has 0 atom stereocenters. The maximum atomic E-state index is 4.05. The van der Waals surface area contributed by atoms with Crippen molar-refractivity contribution in [1.82, 2.24) is 4.98 Å². The monoisotopic (exact) mass is 450 g/mol. The number of aromatic nitrogens is 1. The van der Waals surface area contributed by atoms with E-state index in [1.54, 1.807) is 12.4 Å². The van der Waals surface area contributed by atoms with Crippen molar-refractivity contribution in [2.75, 3.05) is 4.90 Å². The zero-order chi connectivity index (χ0) is 23.7. The molecule has 0 spiro atoms. The zero-order valence-electron chi connectivity index (χ0n) is 19.4. The predicted octanol–water partition coefficient (Wildman–Crippen LogP) is 8.89. The van der Waals surface area contributed by atoms with E-state index in [0.717, 1.165) is 28.2 Å². The maximum absolute atomic E-state index is 4.05. The van der Waals surface area contributed by atoms with Crippen molar-refractivity contribution in [2.24, 2.45) is 0 Å². The van der Waals surface area contributed by atoms with Gasteiger partial charge in [0.2, 0.25) is 0 Å². The van der Waals surface area contributed by atoms with Gasteiger partial charge in [0.1, 0.15) is 0 Å². The van der Waals surface area contributed by atoms with E-state index >= 15 is 0 Å². The van der Waals surface area contributed by atoms with Crippen LogP contribution in [-0.4, -0.2) is 4.98 Å². The summed E-state index contributed by atoms with van der Waals surface area (Å²) >= 11 is 0. The van der Waals surface area contributed by atoms with Gasteiger partial charge in [0.25, 0.3) is 0 Å². The van der Waals surface area contributed by atoms with E-state index in [9.17, 15) is 0 Å². The minimum Gasteiger partial charge on any atom is -0.311 e. The first-order valence-corrected chi connectivity index (χ1v) is 11.7. The molecule has 0 saturated heterocycles. The molecule has 0 bridgehead atoms. The first-order valence-electron chi connectivity index (χ1n) is 11.7. The lowest BCUT2D eigenvalue weighted by Crippen LogP contribution is -2.09. The van der Waals surface area contributed by atoms with E-state index in [4.69, 9.17) is 0 Å². The molecule has 0 radical (unpaired) electrons. The van der Waals surface area contributed by atoms with Gasteiger partial charge in [-0.3, -0.25) is 4.98 Å². The molecule has 2 nitrogen and oxygen atoms in total. The second kappa shape index (κ2) is 11.0. The van der Waals surface area contributed by atoms with Gasteiger partial charge in [-0.25, -0.2) is 0 Å². The van der Waals surface area contributed by atoms with Crippen LogP contribution >= 0.6 is 0 Å². The molecule has 1 aromatic heterocycles. The Kier molecular flexibility index (Phi) is 6.92. The smallest absolute Gasteiger partial charge is 0.0462 e. The Hall–Kier alpha value is -4.69. The quantitative estimate of drug-likeness (QED) is 0.230. The fraction of sp³-hybridized carbons (Fsp3) is 0. The highest BCUT2D eigenvalue weighted by molar-refractivity contribution is 5.78. The van der Waals surface area contributed by atoms with Crippen LogP contribution in [0.3, 0.4) is 0 Å². The number of pyridine rings is 1. The van der Waals surface area contributed by atoms with Crippen LogP contribution in [0.1, 0.15) is 22.3 Å². The summed E-state index contributed by atoms with van der Waals surface area (Å²) < 4.78 is 0. The third-order valence-electron chi connectivity index (χ3n) is 5.76. The summed E-state index contributed by atoms with van der Waals surface area (Å²) in [7, 11) is 0. The SMILES string of the molecule is C(=C\c1ccc(/C=C/c2ccc(N(c3ccccc3)c3ccccc3)cc2)cc1)/c1ccncc1. The van der Waals surface area contributed by atoms with Gasteiger partial charge in [0, 0.05) is 29.5 Å². The number of anilines is 3. The standard InChI is InChI=1S/C33H26N2/c1-3-7-31(8-4-1)35(32-9-5-2-6-10-32)33-21-19-29(20-22-33)16-15-27-11-13-28(14-12-27)17-18-30-23-25-34-26-24-30/h1-26H/b16-15+,18-17+. The Labute approximate surface area is 207 Å². The fourth-order valence-corrected chi connectivity index (χ4v) is 3.91. The van der Waals surface area contributed by atoms with Crippen LogP contribution in [0, 0.1) is 0 Å². The molecule has 0 saturated carbocycles. The molecule has 35 heavy (non-hydrogen) atoms. The van der Waals surface area contributed by atoms with Crippen molar-refractivity contribution in [2.45, 2.75) is 0 Å². The summed E-state index contributed by atoms with van der Waals surface area (Å²) in [6, 6.07) is 42.2. The van der Waals surface area contributed by atoms with Crippen LogP contribution in [0.5, 0.6) is 0 Å². The average molecular weight is 451 g/mol. The molecule has 0 aliphatic rings. The third kappa shape index (κ3) is 5.82. The van der Waals surface area contributed by atoms with Crippen LogP contribution in [0.2, 0.25) is 0 Å². The molecule has 2 heteroatoms. The van der Waals surface area contributed by atoms with Crippen molar-refractivity contribution in [1.29, 1.82) is 0 Å². The van der Waals surface area contributed by atoms with Gasteiger partial charge in [-0.15, -0.1) is 0 Å². The molecule has 0 amide bonds. The fourth-order valence-electron chi connectivity index (χ4n) is 3.91. The molecular formula is C33H26N2. The van der Waals surface area contributed by atoms with Gasteiger partial charge in [-0.2, -0.15) is 0 Å². The van der Waals surface area contributed by atoms with Crippen molar-refractivity contribution in [3.63, 3.8) is 0 Å². The minimum atomic E-state index is 1.13. The first-order chi connectivity index (χ1) is 17.3. The second-order valence-corrected chi connectivity index (χ2v) is 8.21. The number of nitrogens with zero attached hydrogens (tertiary/aromatic N) is 2. The molecular weight excluding hydrogens is 424 g/mol. The van der Waals surface area contributed by atoms with Crippen molar-refractivity contribution in [3.05, 3.63) is 156 Å². The summed E-state index contributed by atoms with van der Waals surface area (Å²) in [6.07, 6.45) is 12.1. The lowest BCUT2D eigenvalue weighted by molar-refractivity contribution is 1.28. The Morgan fingerprint density at radius 2 is 0.714 bits per heavy atom. The van der Waals surface area contributed by atoms with Crippen LogP contribution in [0.4, 0.5) is 17.1 Å². The number of hydrogen-bond donors (Lipinski definition) is 0. The lowest BCUT2D eigenvalue weighted by atomic mass is 10.1. The summed E-state index contributed by atoms with van der Waals surface area (Å²) in [5.74, 6) is 0. The number of hydrogen-bond acceptors (Lipinski definition) is 2. The van der Waals surface area contributed by atoms with Crippen LogP contribution in [0.25, 0.3) is 24.3 Å². The summed E-state index contributed by atoms with van der Waals surface area (Å²) in [5.41, 5.74) is 8.06. The second-order valence-electron chi connectivity index (χ2n) is 8.21. The van der Waals surface area contributed by atoms with E-state index in [0.29, 0.717) is 0 Å². The first kappa shape index (κ1) is 22.1. The van der Waals surface area contributed by atoms with Crippen LogP contribution in [-0.2, 0) is 0 Å². The molecule has 0 N–H and O–H groups in total. The van der Waals surface area contributed by atoms with Gasteiger partial charge in [0.05, 0.1) is 0 Å². The summed E-state index contributed by atoms with van der Waals surface area (Å²) in [5, 5.41) is 0. The van der Waals surface area contributed by atoms with Gasteiger partial charge >= 0.3 is 0 Å². The van der Waals surface area contributed by atoms with E-state index in [2.05, 4.69) is 131 Å². The topological polar surface area (TPSA) is 16.1 Å². The Morgan fingerprint density at radius 3 is 1.14 bits per heavy atom. The zero-order valence-corrected chi connectivity index (χ0v) is 19.4. The highest BCUT2D eigenvalue weighted by Crippen LogP contribution is 2.34. The Morgan fingerprint density at radius 1 is 0.371 bits per heavy atom. The Bertz CT molecular complexity index is 1350. The molecule has 4 aromatic carbocycles. The van der Waals surface area contributed by atoms with Crippen LogP contribution < -0.4 is 4.90 Å². The van der Waals surface area contributed by atoms with Gasteiger partial charge < -0.3 is 4.90 Å². The molecule has 0 aliphatic carbocycles. The predicted molar refractivity (Wildman–Crippen MR) is 150 cm³/mol. The van der Waals surface area contributed by atoms with Gasteiger partial charge in [-0.1, -0.05) is 97.1 Å². The van der Waals surface area contributed by atoms with Crippen molar-refractivity contribution < 1.29 is 0 Å². The van der Waals surface area contributed by atoms with Gasteiger partial charge in [0.15, 0.2) is 0 Å². The summed E-state index contributed by atoms with van der Waals surface area (Å²) in [4.78, 5) is 6.32. The third-order valence-corrected chi connectivity index (χ3v) is 5.76. The highest BCUT2D eigenvalue weighted by Gasteiger charge is 2.11. The molecule has 5 aromatic rings. The Balaban J connectivity index is 1.30. The number of rotatable bonds is 7. The largest absolute Gasteiger partial charge is 0.311 e. The van der Waals surface area contributed by atoms with E-state index < -0.39 is 0 Å². The molecule has 0 aliphatic heterocycles. The number of benzene rings is 4. The van der Waals surface area contributed by atoms with E-state index in [1.807, 2.05) is 24.3 Å².